The number of aryl methyl sites for hydroxylation is 1. The third kappa shape index (κ3) is 4.83. The number of amides is 1. The summed E-state index contributed by atoms with van der Waals surface area (Å²) in [4.78, 5) is 41.6. The molecule has 192 valence electrons. The molecule has 0 saturated carbocycles. The first-order valence-electron chi connectivity index (χ1n) is 12.0. The van der Waals surface area contributed by atoms with Crippen LogP contribution in [0.25, 0.3) is 22.3 Å². The van der Waals surface area contributed by atoms with E-state index in [1.807, 2.05) is 56.3 Å². The van der Waals surface area contributed by atoms with Crippen LogP contribution in [0.3, 0.4) is 0 Å². The van der Waals surface area contributed by atoms with E-state index >= 15 is 0 Å². The molecule has 0 unspecified atom stereocenters. The Balaban J connectivity index is 1.50. The topological polar surface area (TPSA) is 143 Å². The standard InChI is InChI=1S/C28H25N5O5/c1-15-12-19(26-20(13-15)24(34)16(2)25(38-26)18-8-5-4-6-9-18)17(3)31-21-10-7-11-29-23(21)27(35)30-14-22-32-33-28(36)37-22/h4-13,17,31H,14H2,1-3H3,(H,30,35)(H,33,36)/t17-/m1/s1. The normalized spacial score (nSPS) is 11.9. The lowest BCUT2D eigenvalue weighted by molar-refractivity contribution is 0.0943. The summed E-state index contributed by atoms with van der Waals surface area (Å²) in [6.07, 6.45) is 1.51. The zero-order valence-corrected chi connectivity index (χ0v) is 21.0. The van der Waals surface area contributed by atoms with Crippen LogP contribution in [0.15, 0.2) is 79.2 Å². The number of pyridine rings is 1. The van der Waals surface area contributed by atoms with Crippen LogP contribution in [0.4, 0.5) is 5.69 Å². The average Bonchev–Trinajstić information content (AvgIpc) is 3.35. The monoisotopic (exact) mass is 511 g/mol. The van der Waals surface area contributed by atoms with E-state index in [0.717, 1.165) is 16.7 Å². The van der Waals surface area contributed by atoms with Gasteiger partial charge >= 0.3 is 5.76 Å². The second-order valence-corrected chi connectivity index (χ2v) is 8.94. The van der Waals surface area contributed by atoms with Crippen molar-refractivity contribution in [1.29, 1.82) is 0 Å². The number of fused-ring (bicyclic) bond motifs is 1. The third-order valence-corrected chi connectivity index (χ3v) is 6.17. The fraction of sp³-hybridized carbons (Fsp3) is 0.179. The number of hydrogen-bond acceptors (Lipinski definition) is 8. The van der Waals surface area contributed by atoms with Gasteiger partial charge in [0.1, 0.15) is 11.3 Å². The molecule has 5 rings (SSSR count). The van der Waals surface area contributed by atoms with Crippen LogP contribution in [-0.4, -0.2) is 21.1 Å². The number of anilines is 1. The van der Waals surface area contributed by atoms with Gasteiger partial charge in [0, 0.05) is 22.9 Å². The van der Waals surface area contributed by atoms with Crippen LogP contribution in [0, 0.1) is 13.8 Å². The number of H-pyrrole nitrogens is 1. The number of hydrogen-bond donors (Lipinski definition) is 3. The van der Waals surface area contributed by atoms with Gasteiger partial charge in [0.05, 0.1) is 23.7 Å². The maximum Gasteiger partial charge on any atom is 0.434 e. The molecule has 0 aliphatic rings. The molecule has 38 heavy (non-hydrogen) atoms. The molecule has 10 nitrogen and oxygen atoms in total. The highest BCUT2D eigenvalue weighted by atomic mass is 16.4. The number of aromatic amines is 1. The van der Waals surface area contributed by atoms with Crippen LogP contribution < -0.4 is 21.8 Å². The molecular weight excluding hydrogens is 486 g/mol. The van der Waals surface area contributed by atoms with Crippen molar-refractivity contribution in [2.24, 2.45) is 0 Å². The van der Waals surface area contributed by atoms with E-state index in [1.54, 1.807) is 19.1 Å². The van der Waals surface area contributed by atoms with Gasteiger partial charge in [-0.2, -0.15) is 0 Å². The van der Waals surface area contributed by atoms with Crippen molar-refractivity contribution < 1.29 is 13.6 Å². The molecule has 0 fully saturated rings. The molecule has 0 spiro atoms. The third-order valence-electron chi connectivity index (χ3n) is 6.17. The number of nitrogens with zero attached hydrogens (tertiary/aromatic N) is 2. The van der Waals surface area contributed by atoms with Gasteiger partial charge in [-0.15, -0.1) is 5.10 Å². The zero-order valence-electron chi connectivity index (χ0n) is 21.0. The van der Waals surface area contributed by atoms with E-state index < -0.39 is 11.7 Å². The van der Waals surface area contributed by atoms with Gasteiger partial charge in [0.25, 0.3) is 5.91 Å². The number of benzene rings is 2. The predicted molar refractivity (Wildman–Crippen MR) is 142 cm³/mol. The largest absolute Gasteiger partial charge is 0.455 e. The molecule has 3 N–H and O–H groups in total. The zero-order chi connectivity index (χ0) is 26.8. The first-order chi connectivity index (χ1) is 18.3. The van der Waals surface area contributed by atoms with Crippen molar-refractivity contribution in [3.8, 4) is 11.3 Å². The number of rotatable bonds is 7. The fourth-order valence-corrected chi connectivity index (χ4v) is 4.34. The van der Waals surface area contributed by atoms with Gasteiger partial charge in [-0.25, -0.2) is 14.9 Å². The Labute approximate surface area is 216 Å². The first-order valence-corrected chi connectivity index (χ1v) is 12.0. The number of aromatic nitrogens is 3. The van der Waals surface area contributed by atoms with Crippen LogP contribution in [0.1, 0.15) is 46.0 Å². The molecule has 2 aromatic carbocycles. The molecule has 1 amide bonds. The van der Waals surface area contributed by atoms with Gasteiger partial charge in [-0.1, -0.05) is 36.4 Å². The Morgan fingerprint density at radius 1 is 1.05 bits per heavy atom. The molecular formula is C28H25N5O5. The maximum atomic E-state index is 13.4. The Morgan fingerprint density at radius 2 is 1.84 bits per heavy atom. The van der Waals surface area contributed by atoms with E-state index in [9.17, 15) is 14.4 Å². The molecule has 5 aromatic rings. The van der Waals surface area contributed by atoms with Crippen molar-refractivity contribution in [2.45, 2.75) is 33.4 Å². The lowest BCUT2D eigenvalue weighted by atomic mass is 9.98. The van der Waals surface area contributed by atoms with E-state index in [4.69, 9.17) is 8.83 Å². The van der Waals surface area contributed by atoms with Gasteiger partial charge in [0.15, 0.2) is 11.1 Å². The molecule has 3 aromatic heterocycles. The Bertz CT molecular complexity index is 1750. The van der Waals surface area contributed by atoms with Gasteiger partial charge in [-0.05, 0) is 44.5 Å². The van der Waals surface area contributed by atoms with Crippen molar-refractivity contribution in [2.75, 3.05) is 5.32 Å². The molecule has 10 heteroatoms. The summed E-state index contributed by atoms with van der Waals surface area (Å²) in [5.74, 6) is -0.612. The number of carbonyl (C=O) groups excluding carboxylic acids is 1. The van der Waals surface area contributed by atoms with Gasteiger partial charge < -0.3 is 19.5 Å². The predicted octanol–water partition coefficient (Wildman–Crippen LogP) is 4.25. The minimum absolute atomic E-state index is 0.0490. The fourth-order valence-electron chi connectivity index (χ4n) is 4.34. The van der Waals surface area contributed by atoms with Gasteiger partial charge in [0.2, 0.25) is 5.89 Å². The molecule has 3 heterocycles. The highest BCUT2D eigenvalue weighted by Gasteiger charge is 2.21. The summed E-state index contributed by atoms with van der Waals surface area (Å²) in [6, 6.07) is 16.4. The molecule has 0 aliphatic heterocycles. The second-order valence-electron chi connectivity index (χ2n) is 8.94. The van der Waals surface area contributed by atoms with Crippen LogP contribution in [-0.2, 0) is 6.54 Å². The first kappa shape index (κ1) is 24.7. The van der Waals surface area contributed by atoms with E-state index in [0.29, 0.717) is 28.0 Å². The van der Waals surface area contributed by atoms with Crippen LogP contribution in [0.2, 0.25) is 0 Å². The van der Waals surface area contributed by atoms with Crippen molar-refractivity contribution in [3.05, 3.63) is 110 Å². The highest BCUT2D eigenvalue weighted by Crippen LogP contribution is 2.32. The minimum atomic E-state index is -0.703. The lowest BCUT2D eigenvalue weighted by Crippen LogP contribution is -2.25. The second kappa shape index (κ2) is 10.2. The smallest absolute Gasteiger partial charge is 0.434 e. The van der Waals surface area contributed by atoms with Crippen LogP contribution >= 0.6 is 0 Å². The highest BCUT2D eigenvalue weighted by molar-refractivity contribution is 5.97. The quantitative estimate of drug-likeness (QED) is 0.294. The summed E-state index contributed by atoms with van der Waals surface area (Å²) in [5.41, 5.74) is 4.05. The lowest BCUT2D eigenvalue weighted by Gasteiger charge is -2.20. The maximum absolute atomic E-state index is 13.4. The molecule has 0 radical (unpaired) electrons. The average molecular weight is 512 g/mol. The Kier molecular flexibility index (Phi) is 6.61. The van der Waals surface area contributed by atoms with Crippen molar-refractivity contribution in [3.63, 3.8) is 0 Å². The summed E-state index contributed by atoms with van der Waals surface area (Å²) < 4.78 is 11.2. The summed E-state index contributed by atoms with van der Waals surface area (Å²) >= 11 is 0. The summed E-state index contributed by atoms with van der Waals surface area (Å²) in [6.45, 7) is 5.53. The van der Waals surface area contributed by atoms with E-state index in [1.165, 1.54) is 6.20 Å². The number of nitrogens with one attached hydrogen (secondary N) is 3. The number of carbonyl (C=O) groups is 1. The summed E-state index contributed by atoms with van der Waals surface area (Å²) in [7, 11) is 0. The minimum Gasteiger partial charge on any atom is -0.455 e. The van der Waals surface area contributed by atoms with E-state index in [2.05, 4.69) is 25.8 Å². The molecule has 0 bridgehead atoms. The Morgan fingerprint density at radius 3 is 2.58 bits per heavy atom. The van der Waals surface area contributed by atoms with Crippen LogP contribution in [0.5, 0.6) is 0 Å². The van der Waals surface area contributed by atoms with Gasteiger partial charge in [-0.3, -0.25) is 9.59 Å². The SMILES string of the molecule is Cc1cc([C@@H](C)Nc2cccnc2C(=O)NCc2n[nH]c(=O)o2)c2oc(-c3ccccc3)c(C)c(=O)c2c1. The molecule has 0 aliphatic carbocycles. The van der Waals surface area contributed by atoms with Crippen molar-refractivity contribution in [1.82, 2.24) is 20.5 Å². The van der Waals surface area contributed by atoms with Crippen molar-refractivity contribution >= 4 is 22.6 Å². The summed E-state index contributed by atoms with van der Waals surface area (Å²) in [5, 5.41) is 12.3. The Hall–Kier alpha value is -4.99. The molecule has 1 atom stereocenters. The molecule has 0 saturated heterocycles. The van der Waals surface area contributed by atoms with E-state index in [-0.39, 0.29) is 29.6 Å².